The van der Waals surface area contributed by atoms with Gasteiger partial charge in [-0.2, -0.15) is 0 Å². The van der Waals surface area contributed by atoms with Crippen LogP contribution in [0, 0.1) is 0 Å². The Kier molecular flexibility index (Phi) is 2.80. The van der Waals surface area contributed by atoms with Gasteiger partial charge in [0.25, 0.3) is 0 Å². The standard InChI is InChI=1S/C10H6ClNO3S/c11-6-1-2-16-9(6)8(13)5-3-7(10(14)15)12-4-5/h1-4,12H,(H,14,15). The number of rotatable bonds is 3. The number of carboxylic acids is 1. The lowest BCUT2D eigenvalue weighted by molar-refractivity contribution is 0.0691. The number of nitrogens with one attached hydrogen (secondary N) is 1. The molecule has 2 aromatic rings. The summed E-state index contributed by atoms with van der Waals surface area (Å²) >= 11 is 7.04. The van der Waals surface area contributed by atoms with Gasteiger partial charge < -0.3 is 10.1 Å². The van der Waals surface area contributed by atoms with Crippen molar-refractivity contribution < 1.29 is 14.7 Å². The van der Waals surface area contributed by atoms with E-state index in [1.165, 1.54) is 23.6 Å². The Morgan fingerprint density at radius 3 is 2.69 bits per heavy atom. The smallest absolute Gasteiger partial charge is 0.352 e. The van der Waals surface area contributed by atoms with Gasteiger partial charge in [-0.1, -0.05) is 11.6 Å². The summed E-state index contributed by atoms with van der Waals surface area (Å²) in [4.78, 5) is 25.4. The van der Waals surface area contributed by atoms with Gasteiger partial charge in [0.2, 0.25) is 5.78 Å². The van der Waals surface area contributed by atoms with Crippen molar-refractivity contribution in [2.24, 2.45) is 0 Å². The molecular formula is C10H6ClNO3S. The Bertz CT molecular complexity index is 558. The van der Waals surface area contributed by atoms with Gasteiger partial charge in [-0.25, -0.2) is 4.79 Å². The average Bonchev–Trinajstić information content (AvgIpc) is 2.84. The Morgan fingerprint density at radius 2 is 2.19 bits per heavy atom. The van der Waals surface area contributed by atoms with E-state index in [1.807, 2.05) is 0 Å². The summed E-state index contributed by atoms with van der Waals surface area (Å²) in [5, 5.41) is 10.8. The number of carbonyl (C=O) groups is 2. The molecule has 2 N–H and O–H groups in total. The van der Waals surface area contributed by atoms with Crippen molar-refractivity contribution in [3.63, 3.8) is 0 Å². The van der Waals surface area contributed by atoms with Crippen LogP contribution in [0.1, 0.15) is 25.7 Å². The van der Waals surface area contributed by atoms with E-state index in [1.54, 1.807) is 11.4 Å². The molecule has 0 radical (unpaired) electrons. The summed E-state index contributed by atoms with van der Waals surface area (Å²) in [5.74, 6) is -1.37. The van der Waals surface area contributed by atoms with Crippen molar-refractivity contribution in [3.05, 3.63) is 44.9 Å². The van der Waals surface area contributed by atoms with E-state index in [-0.39, 0.29) is 11.5 Å². The van der Waals surface area contributed by atoms with E-state index in [2.05, 4.69) is 4.98 Å². The average molecular weight is 256 g/mol. The highest BCUT2D eigenvalue weighted by Crippen LogP contribution is 2.25. The second-order valence-electron chi connectivity index (χ2n) is 3.03. The fourth-order valence-electron chi connectivity index (χ4n) is 1.24. The first-order valence-corrected chi connectivity index (χ1v) is 5.54. The Labute approximate surface area is 99.5 Å². The summed E-state index contributed by atoms with van der Waals surface area (Å²) < 4.78 is 0. The number of aromatic nitrogens is 1. The summed E-state index contributed by atoms with van der Waals surface area (Å²) in [6.07, 6.45) is 1.36. The fourth-order valence-corrected chi connectivity index (χ4v) is 2.34. The van der Waals surface area contributed by atoms with E-state index in [0.717, 1.165) is 0 Å². The van der Waals surface area contributed by atoms with Crippen molar-refractivity contribution in [2.45, 2.75) is 0 Å². The topological polar surface area (TPSA) is 70.2 Å². The molecule has 0 saturated carbocycles. The number of hydrogen-bond donors (Lipinski definition) is 2. The zero-order chi connectivity index (χ0) is 11.7. The number of aromatic amines is 1. The summed E-state index contributed by atoms with van der Waals surface area (Å²) in [6.45, 7) is 0. The molecule has 0 aliphatic rings. The molecule has 0 saturated heterocycles. The molecule has 0 bridgehead atoms. The lowest BCUT2D eigenvalue weighted by atomic mass is 10.2. The first kappa shape index (κ1) is 10.9. The third-order valence-corrected chi connectivity index (χ3v) is 3.34. The molecule has 82 valence electrons. The zero-order valence-electron chi connectivity index (χ0n) is 7.86. The minimum Gasteiger partial charge on any atom is -0.477 e. The van der Waals surface area contributed by atoms with Crippen LogP contribution < -0.4 is 0 Å². The third-order valence-electron chi connectivity index (χ3n) is 2.00. The summed E-state index contributed by atoms with van der Waals surface area (Å²) in [6, 6.07) is 2.92. The van der Waals surface area contributed by atoms with Gasteiger partial charge in [-0.05, 0) is 17.5 Å². The Balaban J connectivity index is 2.35. The van der Waals surface area contributed by atoms with Crippen LogP contribution in [-0.2, 0) is 0 Å². The van der Waals surface area contributed by atoms with Gasteiger partial charge in [-0.15, -0.1) is 11.3 Å². The summed E-state index contributed by atoms with van der Waals surface area (Å²) in [5.41, 5.74) is 0.276. The van der Waals surface area contributed by atoms with E-state index in [4.69, 9.17) is 16.7 Å². The number of carboxylic acid groups (broad SMARTS) is 1. The van der Waals surface area contributed by atoms with E-state index in [0.29, 0.717) is 15.5 Å². The second-order valence-corrected chi connectivity index (χ2v) is 4.36. The molecule has 0 aliphatic heterocycles. The number of carbonyl (C=O) groups excluding carboxylic acids is 1. The van der Waals surface area contributed by atoms with E-state index in [9.17, 15) is 9.59 Å². The SMILES string of the molecule is O=C(O)c1cc(C(=O)c2sccc2Cl)c[nH]1. The number of halogens is 1. The number of ketones is 1. The van der Waals surface area contributed by atoms with Gasteiger partial charge in [0.1, 0.15) is 5.69 Å². The molecule has 0 fully saturated rings. The third kappa shape index (κ3) is 1.87. The number of H-pyrrole nitrogens is 1. The molecule has 0 unspecified atom stereocenters. The monoisotopic (exact) mass is 255 g/mol. The predicted molar refractivity (Wildman–Crippen MR) is 60.5 cm³/mol. The van der Waals surface area contributed by atoms with Crippen LogP contribution in [0.5, 0.6) is 0 Å². The maximum absolute atomic E-state index is 11.9. The molecule has 0 aliphatic carbocycles. The highest BCUT2D eigenvalue weighted by molar-refractivity contribution is 7.13. The predicted octanol–water partition coefficient (Wildman–Crippen LogP) is 2.66. The van der Waals surface area contributed by atoms with Crippen LogP contribution in [0.2, 0.25) is 5.02 Å². The normalized spacial score (nSPS) is 10.3. The van der Waals surface area contributed by atoms with Crippen LogP contribution >= 0.6 is 22.9 Å². The largest absolute Gasteiger partial charge is 0.477 e. The molecule has 2 heterocycles. The van der Waals surface area contributed by atoms with E-state index < -0.39 is 5.97 Å². The molecule has 2 rings (SSSR count). The van der Waals surface area contributed by atoms with Crippen molar-refractivity contribution in [1.82, 2.24) is 4.98 Å². The Hall–Kier alpha value is -1.59. The lowest BCUT2D eigenvalue weighted by Gasteiger charge is -1.93. The zero-order valence-corrected chi connectivity index (χ0v) is 9.43. The van der Waals surface area contributed by atoms with Gasteiger partial charge in [0.15, 0.2) is 0 Å². The molecule has 0 atom stereocenters. The fraction of sp³-hybridized carbons (Fsp3) is 0. The molecular weight excluding hydrogens is 250 g/mol. The summed E-state index contributed by atoms with van der Waals surface area (Å²) in [7, 11) is 0. The molecule has 2 aromatic heterocycles. The van der Waals surface area contributed by atoms with Gasteiger partial charge in [0, 0.05) is 11.8 Å². The van der Waals surface area contributed by atoms with Crippen molar-refractivity contribution in [1.29, 1.82) is 0 Å². The lowest BCUT2D eigenvalue weighted by Crippen LogP contribution is -1.98. The number of thiophene rings is 1. The first-order chi connectivity index (χ1) is 7.59. The van der Waals surface area contributed by atoms with Crippen molar-refractivity contribution in [3.8, 4) is 0 Å². The Morgan fingerprint density at radius 1 is 1.44 bits per heavy atom. The highest BCUT2D eigenvalue weighted by atomic mass is 35.5. The van der Waals surface area contributed by atoms with Gasteiger partial charge in [-0.3, -0.25) is 4.79 Å². The van der Waals surface area contributed by atoms with Crippen LogP contribution in [-0.4, -0.2) is 21.8 Å². The van der Waals surface area contributed by atoms with E-state index >= 15 is 0 Å². The van der Waals surface area contributed by atoms with Crippen molar-refractivity contribution >= 4 is 34.7 Å². The maximum atomic E-state index is 11.9. The first-order valence-electron chi connectivity index (χ1n) is 4.29. The maximum Gasteiger partial charge on any atom is 0.352 e. The van der Waals surface area contributed by atoms with Crippen molar-refractivity contribution in [2.75, 3.05) is 0 Å². The van der Waals surface area contributed by atoms with Crippen LogP contribution in [0.25, 0.3) is 0 Å². The van der Waals surface area contributed by atoms with Gasteiger partial charge >= 0.3 is 5.97 Å². The molecule has 6 heteroatoms. The number of aromatic carboxylic acids is 1. The molecule has 16 heavy (non-hydrogen) atoms. The minimum absolute atomic E-state index is 0.0176. The van der Waals surface area contributed by atoms with Crippen LogP contribution in [0.4, 0.5) is 0 Å². The minimum atomic E-state index is -1.10. The molecule has 0 spiro atoms. The van der Waals surface area contributed by atoms with Crippen LogP contribution in [0.15, 0.2) is 23.7 Å². The molecule has 4 nitrogen and oxygen atoms in total. The molecule has 0 aromatic carbocycles. The number of hydrogen-bond acceptors (Lipinski definition) is 3. The second kappa shape index (κ2) is 4.11. The van der Waals surface area contributed by atoms with Gasteiger partial charge in [0.05, 0.1) is 9.90 Å². The highest BCUT2D eigenvalue weighted by Gasteiger charge is 2.17. The molecule has 0 amide bonds. The van der Waals surface area contributed by atoms with Crippen LogP contribution in [0.3, 0.4) is 0 Å². The quantitative estimate of drug-likeness (QED) is 0.829.